The summed E-state index contributed by atoms with van der Waals surface area (Å²) in [4.78, 5) is 44.6. The highest BCUT2D eigenvalue weighted by molar-refractivity contribution is 7.93. The minimum Gasteiger partial charge on any atom is -0.497 e. The number of methoxy groups -OCH3 is 1. The fourth-order valence-electron chi connectivity index (χ4n) is 3.55. The van der Waals surface area contributed by atoms with Gasteiger partial charge in [0.1, 0.15) is 11.6 Å². The molecule has 0 fully saturated rings. The van der Waals surface area contributed by atoms with E-state index in [-0.39, 0.29) is 29.2 Å². The number of carbonyl (C=O) groups excluding carboxylic acids is 3. The second kappa shape index (κ2) is 13.3. The maximum absolute atomic E-state index is 13.1. The number of hydrogen-bond donors (Lipinski definition) is 2. The van der Waals surface area contributed by atoms with Gasteiger partial charge in [-0.05, 0) is 67.7 Å². The third-order valence-corrected chi connectivity index (χ3v) is 7.69. The first-order valence-electron chi connectivity index (χ1n) is 12.1. The van der Waals surface area contributed by atoms with Crippen LogP contribution in [0.3, 0.4) is 0 Å². The first-order chi connectivity index (χ1) is 18.6. The molecule has 3 aromatic rings. The molecule has 3 amide bonds. The molecule has 0 aliphatic carbocycles. The monoisotopic (exact) mass is 571 g/mol. The highest BCUT2D eigenvalue weighted by Gasteiger charge is 2.18. The maximum Gasteiger partial charge on any atom is 0.268 e. The lowest BCUT2D eigenvalue weighted by Gasteiger charge is -2.15. The quantitative estimate of drug-likeness (QED) is 0.364. The summed E-state index contributed by atoms with van der Waals surface area (Å²) in [5, 5.41) is 5.81. The molecular weight excluding hydrogens is 542 g/mol. The van der Waals surface area contributed by atoms with Crippen molar-refractivity contribution in [1.82, 2.24) is 9.88 Å². The van der Waals surface area contributed by atoms with Gasteiger partial charge in [-0.15, -0.1) is 0 Å². The zero-order chi connectivity index (χ0) is 28.6. The topological polar surface area (TPSA) is 130 Å². The molecule has 206 valence electrons. The van der Waals surface area contributed by atoms with Gasteiger partial charge >= 0.3 is 0 Å². The lowest BCUT2D eigenvalue weighted by Crippen LogP contribution is -2.29. The lowest BCUT2D eigenvalue weighted by atomic mass is 10.1. The van der Waals surface area contributed by atoms with Crippen LogP contribution in [0.25, 0.3) is 0 Å². The van der Waals surface area contributed by atoms with Gasteiger partial charge in [0, 0.05) is 22.9 Å². The van der Waals surface area contributed by atoms with Crippen LogP contribution in [-0.2, 0) is 14.5 Å². The highest BCUT2D eigenvalue weighted by Crippen LogP contribution is 2.24. The third kappa shape index (κ3) is 8.09. The number of benzene rings is 2. The van der Waals surface area contributed by atoms with Crippen molar-refractivity contribution in [2.24, 2.45) is 4.36 Å². The van der Waals surface area contributed by atoms with Crippen molar-refractivity contribution in [2.45, 2.75) is 18.7 Å². The predicted octanol–water partition coefficient (Wildman–Crippen LogP) is 4.57. The molecular formula is C27H30ClN5O5S. The van der Waals surface area contributed by atoms with Crippen molar-refractivity contribution < 1.29 is 23.3 Å². The lowest BCUT2D eigenvalue weighted by molar-refractivity contribution is -0.118. The Morgan fingerprint density at radius 2 is 1.69 bits per heavy atom. The highest BCUT2D eigenvalue weighted by atomic mass is 35.5. The van der Waals surface area contributed by atoms with Crippen LogP contribution in [0.15, 0.2) is 70.1 Å². The Kier molecular flexibility index (Phi) is 10.2. The van der Waals surface area contributed by atoms with Crippen molar-refractivity contribution in [3.8, 4) is 5.75 Å². The molecule has 1 unspecified atom stereocenters. The van der Waals surface area contributed by atoms with Crippen LogP contribution in [0, 0.1) is 0 Å². The Balaban J connectivity index is 1.79. The van der Waals surface area contributed by atoms with Gasteiger partial charge in [0.2, 0.25) is 0 Å². The van der Waals surface area contributed by atoms with Crippen molar-refractivity contribution in [3.05, 3.63) is 76.9 Å². The summed E-state index contributed by atoms with van der Waals surface area (Å²) in [5.74, 6) is -0.779. The fourth-order valence-corrected chi connectivity index (χ4v) is 4.85. The van der Waals surface area contributed by atoms with E-state index in [9.17, 15) is 18.6 Å². The van der Waals surface area contributed by atoms with Crippen LogP contribution in [0.2, 0.25) is 5.02 Å². The Hall–Kier alpha value is -3.80. The molecule has 1 aromatic heterocycles. The van der Waals surface area contributed by atoms with Crippen LogP contribution < -0.4 is 15.4 Å². The number of amides is 3. The summed E-state index contributed by atoms with van der Waals surface area (Å²) in [6.07, 6.45) is 2.79. The molecule has 0 aliphatic heterocycles. The second-order valence-electron chi connectivity index (χ2n) is 8.45. The van der Waals surface area contributed by atoms with Gasteiger partial charge in [-0.2, -0.15) is 4.36 Å². The van der Waals surface area contributed by atoms with E-state index in [1.54, 1.807) is 24.3 Å². The van der Waals surface area contributed by atoms with Gasteiger partial charge < -0.3 is 15.4 Å². The molecule has 0 aliphatic rings. The molecule has 39 heavy (non-hydrogen) atoms. The second-order valence-corrected chi connectivity index (χ2v) is 11.2. The van der Waals surface area contributed by atoms with E-state index in [0.717, 1.165) is 0 Å². The Bertz CT molecular complexity index is 1460. The maximum atomic E-state index is 13.1. The summed E-state index contributed by atoms with van der Waals surface area (Å²) in [7, 11) is -1.53. The summed E-state index contributed by atoms with van der Waals surface area (Å²) in [6, 6.07) is 13.8. The van der Waals surface area contributed by atoms with E-state index in [0.29, 0.717) is 28.8 Å². The SMILES string of the molecule is CCN(CC)CC(=O)N=S(C)(=O)c1ccc(C(=O)Nc2ccc(OC)cc2C(=O)Nc2ccc(Cl)cn2)cc1. The molecule has 0 radical (unpaired) electrons. The smallest absolute Gasteiger partial charge is 0.268 e. The van der Waals surface area contributed by atoms with Crippen molar-refractivity contribution >= 4 is 50.6 Å². The zero-order valence-electron chi connectivity index (χ0n) is 22.1. The van der Waals surface area contributed by atoms with Gasteiger partial charge in [0.05, 0.1) is 39.7 Å². The Labute approximate surface area is 232 Å². The zero-order valence-corrected chi connectivity index (χ0v) is 23.6. The number of hydrogen-bond acceptors (Lipinski definition) is 7. The Morgan fingerprint density at radius 1 is 1.00 bits per heavy atom. The average molecular weight is 572 g/mol. The first kappa shape index (κ1) is 29.8. The molecule has 0 bridgehead atoms. The van der Waals surface area contributed by atoms with Gasteiger partial charge in [0.15, 0.2) is 0 Å². The number of nitrogens with zero attached hydrogens (tertiary/aromatic N) is 3. The summed E-state index contributed by atoms with van der Waals surface area (Å²) < 4.78 is 22.3. The molecule has 2 aromatic carbocycles. The Morgan fingerprint density at radius 3 is 2.28 bits per heavy atom. The molecule has 10 nitrogen and oxygen atoms in total. The number of anilines is 2. The number of nitrogens with one attached hydrogen (secondary N) is 2. The van der Waals surface area contributed by atoms with Crippen LogP contribution in [0.4, 0.5) is 11.5 Å². The van der Waals surface area contributed by atoms with Crippen molar-refractivity contribution in [1.29, 1.82) is 0 Å². The van der Waals surface area contributed by atoms with Crippen LogP contribution in [0.1, 0.15) is 34.6 Å². The number of likely N-dealkylation sites (N-methyl/N-ethyl adjacent to an activating group) is 1. The van der Waals surface area contributed by atoms with Crippen LogP contribution in [-0.4, -0.2) is 64.8 Å². The number of carbonyl (C=O) groups is 3. The van der Waals surface area contributed by atoms with E-state index in [1.807, 2.05) is 18.7 Å². The molecule has 0 saturated heterocycles. The molecule has 0 saturated carbocycles. The van der Waals surface area contributed by atoms with Crippen LogP contribution in [0.5, 0.6) is 5.75 Å². The molecule has 1 atom stereocenters. The summed E-state index contributed by atoms with van der Waals surface area (Å²) in [5.41, 5.74) is 0.649. The van der Waals surface area contributed by atoms with E-state index in [1.165, 1.54) is 49.9 Å². The normalized spacial score (nSPS) is 12.4. The van der Waals surface area contributed by atoms with Crippen molar-refractivity contribution in [2.75, 3.05) is 43.6 Å². The fraction of sp³-hybridized carbons (Fsp3) is 0.259. The largest absolute Gasteiger partial charge is 0.497 e. The van der Waals surface area contributed by atoms with Gasteiger partial charge in [0.25, 0.3) is 17.7 Å². The van der Waals surface area contributed by atoms with Crippen molar-refractivity contribution in [3.63, 3.8) is 0 Å². The van der Waals surface area contributed by atoms with Gasteiger partial charge in [-0.25, -0.2) is 9.19 Å². The molecule has 0 spiro atoms. The number of halogens is 1. The number of pyridine rings is 1. The molecule has 12 heteroatoms. The first-order valence-corrected chi connectivity index (χ1v) is 14.4. The molecule has 1 heterocycles. The van der Waals surface area contributed by atoms with Gasteiger partial charge in [-0.3, -0.25) is 19.3 Å². The average Bonchev–Trinajstić information content (AvgIpc) is 2.92. The molecule has 3 rings (SSSR count). The van der Waals surface area contributed by atoms with E-state index >= 15 is 0 Å². The third-order valence-electron chi connectivity index (χ3n) is 5.77. The summed E-state index contributed by atoms with van der Waals surface area (Å²) in [6.45, 7) is 5.32. The standard InChI is InChI=1S/C27H30ClN5O5S/c1-5-33(6-2)17-25(34)32-39(4,37)21-11-7-18(8-12-21)26(35)30-23-13-10-20(38-3)15-22(23)27(36)31-24-14-9-19(28)16-29-24/h7-16H,5-6,17H2,1-4H3,(H,30,35)(H,29,31,36). The van der Waals surface area contributed by atoms with E-state index in [4.69, 9.17) is 16.3 Å². The van der Waals surface area contributed by atoms with Crippen LogP contribution >= 0.6 is 11.6 Å². The summed E-state index contributed by atoms with van der Waals surface area (Å²) >= 11 is 5.85. The minimum absolute atomic E-state index is 0.0875. The number of aromatic nitrogens is 1. The molecule has 2 N–H and O–H groups in total. The number of rotatable bonds is 10. The van der Waals surface area contributed by atoms with Gasteiger partial charge in [-0.1, -0.05) is 25.4 Å². The number of ether oxygens (including phenoxy) is 1. The van der Waals surface area contributed by atoms with E-state index < -0.39 is 27.5 Å². The predicted molar refractivity (Wildman–Crippen MR) is 152 cm³/mol. The minimum atomic E-state index is -2.99. The van der Waals surface area contributed by atoms with E-state index in [2.05, 4.69) is 20.0 Å².